The molecule has 3 N–H and O–H groups in total. The van der Waals surface area contributed by atoms with Crippen LogP contribution in [0.5, 0.6) is 11.8 Å². The number of nitrogens with one attached hydrogen (secondary N) is 2. The maximum Gasteiger partial charge on any atom is 0.326 e. The van der Waals surface area contributed by atoms with E-state index in [0.29, 0.717) is 34.2 Å². The molecule has 1 aromatic carbocycles. The van der Waals surface area contributed by atoms with E-state index < -0.39 is 17.7 Å². The van der Waals surface area contributed by atoms with Crippen LogP contribution in [0.4, 0.5) is 14.6 Å². The molecule has 0 aliphatic heterocycles. The van der Waals surface area contributed by atoms with E-state index in [0.717, 1.165) is 12.1 Å². The van der Waals surface area contributed by atoms with Crippen LogP contribution < -0.4 is 10.1 Å². The summed E-state index contributed by atoms with van der Waals surface area (Å²) in [6.45, 7) is 1.80. The molecule has 3 aromatic heterocycles. The van der Waals surface area contributed by atoms with E-state index in [9.17, 15) is 13.9 Å². The number of fused-ring (bicyclic) bond motifs is 1. The van der Waals surface area contributed by atoms with Crippen molar-refractivity contribution in [2.45, 2.75) is 13.0 Å². The van der Waals surface area contributed by atoms with Gasteiger partial charge in [0.2, 0.25) is 0 Å². The Morgan fingerprint density at radius 1 is 1.21 bits per heavy atom. The third kappa shape index (κ3) is 3.94. The fraction of sp³-hybridized carbons (Fsp3) is 0.167. The quantitative estimate of drug-likeness (QED) is 0.452. The van der Waals surface area contributed by atoms with E-state index in [1.54, 1.807) is 19.3 Å². The highest BCUT2D eigenvalue weighted by Gasteiger charge is 2.19. The number of aromatic nitrogens is 6. The molecule has 4 aromatic rings. The summed E-state index contributed by atoms with van der Waals surface area (Å²) in [7, 11) is 0. The van der Waals surface area contributed by atoms with E-state index >= 15 is 0 Å². The van der Waals surface area contributed by atoms with Crippen LogP contribution in [0.1, 0.15) is 6.92 Å². The van der Waals surface area contributed by atoms with Gasteiger partial charge in [0.25, 0.3) is 0 Å². The van der Waals surface area contributed by atoms with Gasteiger partial charge in [-0.15, -0.1) is 0 Å². The van der Waals surface area contributed by atoms with Gasteiger partial charge in [-0.2, -0.15) is 15.1 Å². The number of hydrogen-bond acceptors (Lipinski definition) is 8. The van der Waals surface area contributed by atoms with E-state index in [-0.39, 0.29) is 18.3 Å². The first-order valence-electron chi connectivity index (χ1n) is 8.57. The Balaban J connectivity index is 1.79. The van der Waals surface area contributed by atoms with Crippen LogP contribution in [0, 0.1) is 11.6 Å². The van der Waals surface area contributed by atoms with Crippen LogP contribution >= 0.6 is 0 Å². The van der Waals surface area contributed by atoms with Crippen molar-refractivity contribution in [3.63, 3.8) is 0 Å². The van der Waals surface area contributed by atoms with Gasteiger partial charge in [0.1, 0.15) is 23.7 Å². The zero-order chi connectivity index (χ0) is 20.4. The molecule has 0 radical (unpaired) electrons. The molecule has 0 aliphatic carbocycles. The predicted molar refractivity (Wildman–Crippen MR) is 99.3 cm³/mol. The van der Waals surface area contributed by atoms with Crippen molar-refractivity contribution in [3.05, 3.63) is 48.6 Å². The van der Waals surface area contributed by atoms with E-state index in [4.69, 9.17) is 4.74 Å². The Morgan fingerprint density at radius 3 is 2.72 bits per heavy atom. The Hall–Kier alpha value is -3.73. The first-order chi connectivity index (χ1) is 14.0. The lowest BCUT2D eigenvalue weighted by molar-refractivity contribution is 0.208. The third-order valence-corrected chi connectivity index (χ3v) is 3.89. The zero-order valence-electron chi connectivity index (χ0n) is 15.1. The molecule has 4 rings (SSSR count). The summed E-state index contributed by atoms with van der Waals surface area (Å²) in [4.78, 5) is 16.4. The monoisotopic (exact) mass is 399 g/mol. The molecule has 148 valence electrons. The van der Waals surface area contributed by atoms with Crippen LogP contribution in [-0.4, -0.2) is 47.9 Å². The lowest BCUT2D eigenvalue weighted by Gasteiger charge is -2.11. The standard InChI is InChI=1S/C18H15F2N7O2/c1-9(28)5-23-16-14-15(10-6-21-8-22-7-10)26-27-17(14)25-18(24-16)29-13-3-2-11(19)4-12(13)20/h2-4,6-9,28H,5H2,1H3,(H2,23,24,25,26,27). The number of nitrogens with zero attached hydrogens (tertiary/aromatic N) is 5. The van der Waals surface area contributed by atoms with Gasteiger partial charge < -0.3 is 15.2 Å². The van der Waals surface area contributed by atoms with Crippen molar-refractivity contribution in [3.8, 4) is 23.0 Å². The molecule has 1 atom stereocenters. The molecule has 0 bridgehead atoms. The van der Waals surface area contributed by atoms with Crippen molar-refractivity contribution in [2.24, 2.45) is 0 Å². The van der Waals surface area contributed by atoms with Crippen LogP contribution in [0.2, 0.25) is 0 Å². The molecule has 1 unspecified atom stereocenters. The summed E-state index contributed by atoms with van der Waals surface area (Å²) in [5.74, 6) is -1.54. The van der Waals surface area contributed by atoms with Crippen molar-refractivity contribution >= 4 is 16.9 Å². The number of ether oxygens (including phenoxy) is 1. The average molecular weight is 399 g/mol. The van der Waals surface area contributed by atoms with Gasteiger partial charge in [-0.1, -0.05) is 0 Å². The maximum atomic E-state index is 13.9. The smallest absolute Gasteiger partial charge is 0.326 e. The summed E-state index contributed by atoms with van der Waals surface area (Å²) in [6, 6.07) is 2.72. The minimum absolute atomic E-state index is 0.185. The van der Waals surface area contributed by atoms with Crippen molar-refractivity contribution in [1.82, 2.24) is 30.1 Å². The first-order valence-corrected chi connectivity index (χ1v) is 8.57. The molecular weight excluding hydrogens is 384 g/mol. The SMILES string of the molecule is CC(O)CNc1nc(Oc2ccc(F)cc2F)nc2[nH]nc(-c3cncnc3)c12. The number of aliphatic hydroxyl groups is 1. The summed E-state index contributed by atoms with van der Waals surface area (Å²) in [5.41, 5.74) is 1.43. The van der Waals surface area contributed by atoms with Gasteiger partial charge in [-0.25, -0.2) is 18.7 Å². The average Bonchev–Trinajstić information content (AvgIpc) is 3.13. The summed E-state index contributed by atoms with van der Waals surface area (Å²) in [5, 5.41) is 20.2. The largest absolute Gasteiger partial charge is 0.421 e. The highest BCUT2D eigenvalue weighted by atomic mass is 19.1. The Kier molecular flexibility index (Phi) is 4.96. The number of aliphatic hydroxyl groups excluding tert-OH is 1. The number of rotatable bonds is 6. The summed E-state index contributed by atoms with van der Waals surface area (Å²) >= 11 is 0. The lowest BCUT2D eigenvalue weighted by atomic mass is 10.2. The number of aromatic amines is 1. The molecule has 9 nitrogen and oxygen atoms in total. The highest BCUT2D eigenvalue weighted by molar-refractivity contribution is 5.98. The van der Waals surface area contributed by atoms with Crippen molar-refractivity contribution in [1.29, 1.82) is 0 Å². The highest BCUT2D eigenvalue weighted by Crippen LogP contribution is 2.32. The third-order valence-electron chi connectivity index (χ3n) is 3.89. The second kappa shape index (κ2) is 7.72. The molecule has 0 spiro atoms. The van der Waals surface area contributed by atoms with Crippen LogP contribution in [0.25, 0.3) is 22.3 Å². The van der Waals surface area contributed by atoms with Gasteiger partial charge in [0, 0.05) is 30.6 Å². The number of hydrogen-bond donors (Lipinski definition) is 3. The second-order valence-electron chi connectivity index (χ2n) is 6.18. The zero-order valence-corrected chi connectivity index (χ0v) is 15.1. The molecule has 0 aliphatic rings. The molecule has 3 heterocycles. The molecule has 0 saturated heterocycles. The molecule has 0 fully saturated rings. The van der Waals surface area contributed by atoms with Gasteiger partial charge in [-0.05, 0) is 19.1 Å². The Morgan fingerprint density at radius 2 is 2.00 bits per heavy atom. The van der Waals surface area contributed by atoms with Gasteiger partial charge in [0.15, 0.2) is 17.2 Å². The second-order valence-corrected chi connectivity index (χ2v) is 6.18. The van der Waals surface area contributed by atoms with Gasteiger partial charge >= 0.3 is 6.01 Å². The van der Waals surface area contributed by atoms with Crippen LogP contribution in [0.15, 0.2) is 36.9 Å². The summed E-state index contributed by atoms with van der Waals surface area (Å²) < 4.78 is 32.4. The van der Waals surface area contributed by atoms with Crippen molar-refractivity contribution < 1.29 is 18.6 Å². The minimum atomic E-state index is -0.890. The van der Waals surface area contributed by atoms with Gasteiger partial charge in [0.05, 0.1) is 11.5 Å². The minimum Gasteiger partial charge on any atom is -0.421 e. The molecule has 11 heteroatoms. The normalized spacial score (nSPS) is 12.1. The molecule has 0 amide bonds. The lowest BCUT2D eigenvalue weighted by Crippen LogP contribution is -2.16. The topological polar surface area (TPSA) is 122 Å². The number of halogens is 2. The number of anilines is 1. The van der Waals surface area contributed by atoms with E-state index in [1.807, 2.05) is 0 Å². The maximum absolute atomic E-state index is 13.9. The number of benzene rings is 1. The molecule has 29 heavy (non-hydrogen) atoms. The van der Waals surface area contributed by atoms with Crippen molar-refractivity contribution in [2.75, 3.05) is 11.9 Å². The fourth-order valence-electron chi connectivity index (χ4n) is 2.61. The van der Waals surface area contributed by atoms with E-state index in [2.05, 4.69) is 35.5 Å². The molecular formula is C18H15F2N7O2. The van der Waals surface area contributed by atoms with Crippen LogP contribution in [0.3, 0.4) is 0 Å². The molecule has 0 saturated carbocycles. The predicted octanol–water partition coefficient (Wildman–Crippen LogP) is 2.67. The Labute approximate surface area is 162 Å². The van der Waals surface area contributed by atoms with Gasteiger partial charge in [-0.3, -0.25) is 5.10 Å². The number of H-pyrrole nitrogens is 1. The fourth-order valence-corrected chi connectivity index (χ4v) is 2.61. The van der Waals surface area contributed by atoms with Crippen LogP contribution in [-0.2, 0) is 0 Å². The Bertz CT molecular complexity index is 1150. The van der Waals surface area contributed by atoms with E-state index in [1.165, 1.54) is 6.33 Å². The first kappa shape index (κ1) is 18.6. The summed E-state index contributed by atoms with van der Waals surface area (Å²) in [6.07, 6.45) is 3.90.